The van der Waals surface area contributed by atoms with Gasteiger partial charge in [-0.1, -0.05) is 6.92 Å². The molecule has 4 heteroatoms. The monoisotopic (exact) mass is 252 g/mol. The highest BCUT2D eigenvalue weighted by Gasteiger charge is 2.02. The van der Waals surface area contributed by atoms with E-state index in [1.54, 1.807) is 0 Å². The van der Waals surface area contributed by atoms with Crippen LogP contribution in [0.15, 0.2) is 18.7 Å². The van der Waals surface area contributed by atoms with Gasteiger partial charge in [0.05, 0.1) is 19.2 Å². The van der Waals surface area contributed by atoms with Crippen LogP contribution in [0.5, 0.6) is 0 Å². The zero-order chi connectivity index (χ0) is 12.3. The highest BCUT2D eigenvalue weighted by Crippen LogP contribution is 2.01. The molecule has 3 nitrogen and oxygen atoms in total. The van der Waals surface area contributed by atoms with Crippen LogP contribution in [-0.4, -0.2) is 16.1 Å². The number of thioether (sulfide) groups is 1. The smallest absolute Gasteiger partial charge is 0.237 e. The minimum atomic E-state index is 0.676. The predicted octanol–water partition coefficient (Wildman–Crippen LogP) is 2.61. The molecule has 0 N–H and O–H groups in total. The molecule has 0 saturated heterocycles. The highest BCUT2D eigenvalue weighted by atomic mass is 32.2. The maximum atomic E-state index is 8.45. The lowest BCUT2D eigenvalue weighted by molar-refractivity contribution is -0.696. The summed E-state index contributed by atoms with van der Waals surface area (Å²) >= 11 is 2.00. The van der Waals surface area contributed by atoms with Gasteiger partial charge in [0.15, 0.2) is 0 Å². The second-order valence-corrected chi connectivity index (χ2v) is 5.45. The Labute approximate surface area is 108 Å². The van der Waals surface area contributed by atoms with Gasteiger partial charge >= 0.3 is 0 Å². The van der Waals surface area contributed by atoms with Crippen LogP contribution in [0.25, 0.3) is 0 Å². The van der Waals surface area contributed by atoms with Crippen LogP contribution >= 0.6 is 11.8 Å². The summed E-state index contributed by atoms with van der Waals surface area (Å²) in [5, 5.41) is 8.45. The molecular formula is C13H22N3S+. The maximum Gasteiger partial charge on any atom is 0.243 e. The number of nitriles is 1. The number of aryl methyl sites for hydroxylation is 2. The van der Waals surface area contributed by atoms with Gasteiger partial charge in [-0.2, -0.15) is 17.0 Å². The first kappa shape index (κ1) is 14.1. The van der Waals surface area contributed by atoms with E-state index < -0.39 is 0 Å². The molecular weight excluding hydrogens is 230 g/mol. The molecule has 0 radical (unpaired) electrons. The second kappa shape index (κ2) is 9.12. The van der Waals surface area contributed by atoms with Gasteiger partial charge < -0.3 is 0 Å². The molecule has 0 aromatic carbocycles. The van der Waals surface area contributed by atoms with E-state index >= 15 is 0 Å². The van der Waals surface area contributed by atoms with E-state index in [0.717, 1.165) is 25.9 Å². The summed E-state index contributed by atoms with van der Waals surface area (Å²) in [4.78, 5) is 0. The normalized spacial score (nSPS) is 10.4. The van der Waals surface area contributed by atoms with Crippen molar-refractivity contribution in [2.24, 2.45) is 0 Å². The summed E-state index contributed by atoms with van der Waals surface area (Å²) in [7, 11) is 0. The van der Waals surface area contributed by atoms with E-state index in [9.17, 15) is 0 Å². The Kier molecular flexibility index (Phi) is 7.57. The van der Waals surface area contributed by atoms with Crippen molar-refractivity contribution in [3.63, 3.8) is 0 Å². The number of rotatable bonds is 9. The molecule has 0 aliphatic heterocycles. The molecule has 1 aromatic heterocycles. The van der Waals surface area contributed by atoms with Gasteiger partial charge in [-0.05, 0) is 30.8 Å². The fraction of sp³-hybridized carbons (Fsp3) is 0.692. The zero-order valence-corrected chi connectivity index (χ0v) is 11.5. The van der Waals surface area contributed by atoms with Gasteiger partial charge in [0.2, 0.25) is 6.33 Å². The molecule has 1 aromatic rings. The van der Waals surface area contributed by atoms with Gasteiger partial charge in [-0.25, -0.2) is 9.13 Å². The van der Waals surface area contributed by atoms with Crippen LogP contribution in [0.1, 0.15) is 32.6 Å². The molecule has 94 valence electrons. The Balaban J connectivity index is 2.16. The first-order valence-electron chi connectivity index (χ1n) is 6.36. The lowest BCUT2D eigenvalue weighted by atomic mass is 10.2. The topological polar surface area (TPSA) is 32.6 Å². The van der Waals surface area contributed by atoms with E-state index in [4.69, 9.17) is 5.26 Å². The van der Waals surface area contributed by atoms with Crippen molar-refractivity contribution in [3.8, 4) is 6.07 Å². The van der Waals surface area contributed by atoms with Crippen LogP contribution in [0.3, 0.4) is 0 Å². The fourth-order valence-corrected chi connectivity index (χ4v) is 2.32. The second-order valence-electron chi connectivity index (χ2n) is 4.05. The Morgan fingerprint density at radius 1 is 1.35 bits per heavy atom. The van der Waals surface area contributed by atoms with E-state index in [-0.39, 0.29) is 0 Å². The summed E-state index contributed by atoms with van der Waals surface area (Å²) in [5.74, 6) is 2.46. The highest BCUT2D eigenvalue weighted by molar-refractivity contribution is 7.99. The summed E-state index contributed by atoms with van der Waals surface area (Å²) in [6, 6.07) is 2.18. The van der Waals surface area contributed by atoms with Crippen molar-refractivity contribution in [1.82, 2.24) is 4.57 Å². The molecule has 1 rings (SSSR count). The number of hydrogen-bond acceptors (Lipinski definition) is 2. The lowest BCUT2D eigenvalue weighted by Gasteiger charge is -1.96. The third-order valence-electron chi connectivity index (χ3n) is 2.61. The van der Waals surface area contributed by atoms with Crippen molar-refractivity contribution >= 4 is 11.8 Å². The molecule has 17 heavy (non-hydrogen) atoms. The minimum absolute atomic E-state index is 0.676. The van der Waals surface area contributed by atoms with E-state index in [1.165, 1.54) is 17.9 Å². The SMILES string of the molecule is CCSCCC[n+]1ccn(CCCCC#N)c1. The summed E-state index contributed by atoms with van der Waals surface area (Å²) in [6.45, 7) is 4.34. The van der Waals surface area contributed by atoms with Gasteiger partial charge in [0.1, 0.15) is 12.4 Å². The third kappa shape index (κ3) is 6.38. The van der Waals surface area contributed by atoms with E-state index in [1.807, 2.05) is 11.8 Å². The van der Waals surface area contributed by atoms with Crippen molar-refractivity contribution in [1.29, 1.82) is 5.26 Å². The number of hydrogen-bond donors (Lipinski definition) is 0. The van der Waals surface area contributed by atoms with Gasteiger partial charge in [-0.3, -0.25) is 0 Å². The van der Waals surface area contributed by atoms with E-state index in [0.29, 0.717) is 6.42 Å². The number of aromatic nitrogens is 2. The minimum Gasteiger partial charge on any atom is -0.237 e. The quantitative estimate of drug-likeness (QED) is 0.500. The Hall–Kier alpha value is -0.950. The van der Waals surface area contributed by atoms with Crippen LogP contribution < -0.4 is 4.57 Å². The van der Waals surface area contributed by atoms with Crippen molar-refractivity contribution < 1.29 is 4.57 Å². The summed E-state index contributed by atoms with van der Waals surface area (Å²) in [5.41, 5.74) is 0. The summed E-state index contributed by atoms with van der Waals surface area (Å²) in [6.07, 6.45) is 10.4. The van der Waals surface area contributed by atoms with E-state index in [2.05, 4.69) is 40.8 Å². The predicted molar refractivity (Wildman–Crippen MR) is 71.7 cm³/mol. The standard InChI is InChI=1S/C13H22N3S/c1-2-17-12-6-9-16-11-10-15(13-16)8-5-3-4-7-14/h10-11,13H,2-6,8-9,12H2,1H3/q+1. The third-order valence-corrected chi connectivity index (χ3v) is 3.60. The zero-order valence-electron chi connectivity index (χ0n) is 10.6. The number of imidazole rings is 1. The molecule has 0 aliphatic rings. The average Bonchev–Trinajstić information content (AvgIpc) is 2.78. The van der Waals surface area contributed by atoms with Gasteiger partial charge in [-0.15, -0.1) is 0 Å². The van der Waals surface area contributed by atoms with Crippen molar-refractivity contribution in [3.05, 3.63) is 18.7 Å². The number of nitrogens with zero attached hydrogens (tertiary/aromatic N) is 3. The summed E-state index contributed by atoms with van der Waals surface area (Å²) < 4.78 is 4.46. The number of unbranched alkanes of at least 4 members (excludes halogenated alkanes) is 2. The molecule has 0 spiro atoms. The Bertz CT molecular complexity index is 341. The maximum absolute atomic E-state index is 8.45. The molecule has 0 saturated carbocycles. The molecule has 0 atom stereocenters. The largest absolute Gasteiger partial charge is 0.243 e. The van der Waals surface area contributed by atoms with Crippen LogP contribution in [0, 0.1) is 11.3 Å². The van der Waals surface area contributed by atoms with Crippen LogP contribution in [0.2, 0.25) is 0 Å². The molecule has 1 heterocycles. The molecule has 0 amide bonds. The van der Waals surface area contributed by atoms with Crippen molar-refractivity contribution in [2.75, 3.05) is 11.5 Å². The molecule has 0 bridgehead atoms. The Morgan fingerprint density at radius 2 is 2.24 bits per heavy atom. The molecule has 0 unspecified atom stereocenters. The van der Waals surface area contributed by atoms with Crippen LogP contribution in [-0.2, 0) is 13.1 Å². The van der Waals surface area contributed by atoms with Crippen molar-refractivity contribution in [2.45, 2.75) is 45.7 Å². The van der Waals surface area contributed by atoms with Gasteiger partial charge in [0.25, 0.3) is 0 Å². The first-order chi connectivity index (χ1) is 8.36. The average molecular weight is 252 g/mol. The fourth-order valence-electron chi connectivity index (χ4n) is 1.70. The molecule has 0 fully saturated rings. The first-order valence-corrected chi connectivity index (χ1v) is 7.51. The van der Waals surface area contributed by atoms with Crippen LogP contribution in [0.4, 0.5) is 0 Å². The van der Waals surface area contributed by atoms with Gasteiger partial charge in [0, 0.05) is 6.42 Å². The Morgan fingerprint density at radius 3 is 3.00 bits per heavy atom. The molecule has 0 aliphatic carbocycles. The lowest BCUT2D eigenvalue weighted by Crippen LogP contribution is -2.31.